The van der Waals surface area contributed by atoms with E-state index >= 15 is 0 Å². The lowest BCUT2D eigenvalue weighted by Crippen LogP contribution is -2.45. The van der Waals surface area contributed by atoms with E-state index in [4.69, 9.17) is 5.11 Å². The van der Waals surface area contributed by atoms with E-state index in [1.807, 2.05) is 0 Å². The molecule has 6 heteroatoms. The van der Waals surface area contributed by atoms with Crippen LogP contribution in [-0.4, -0.2) is 43.1 Å². The van der Waals surface area contributed by atoms with Crippen molar-refractivity contribution < 1.29 is 13.5 Å². The van der Waals surface area contributed by atoms with Crippen LogP contribution in [-0.2, 0) is 10.2 Å². The van der Waals surface area contributed by atoms with Crippen LogP contribution in [0.3, 0.4) is 0 Å². The van der Waals surface area contributed by atoms with Crippen LogP contribution < -0.4 is 4.72 Å². The Labute approximate surface area is 84.3 Å². The third kappa shape index (κ3) is 2.08. The van der Waals surface area contributed by atoms with Crippen molar-refractivity contribution in [1.29, 1.82) is 0 Å². The molecule has 82 valence electrons. The molecule has 2 fully saturated rings. The highest BCUT2D eigenvalue weighted by molar-refractivity contribution is 7.87. The summed E-state index contributed by atoms with van der Waals surface area (Å²) in [7, 11) is -3.33. The normalized spacial score (nSPS) is 29.6. The number of aliphatic hydroxyl groups is 1. The quantitative estimate of drug-likeness (QED) is 0.667. The lowest BCUT2D eigenvalue weighted by atomic mass is 10.2. The van der Waals surface area contributed by atoms with Crippen LogP contribution in [0.4, 0.5) is 0 Å². The van der Waals surface area contributed by atoms with Gasteiger partial charge in [-0.3, -0.25) is 0 Å². The lowest BCUT2D eigenvalue weighted by Gasteiger charge is -2.22. The van der Waals surface area contributed by atoms with Crippen LogP contribution in [0.5, 0.6) is 0 Å². The molecular weight excluding hydrogens is 204 g/mol. The highest BCUT2D eigenvalue weighted by atomic mass is 32.2. The molecule has 1 heterocycles. The Kier molecular flexibility index (Phi) is 2.79. The van der Waals surface area contributed by atoms with E-state index in [1.165, 1.54) is 4.31 Å². The molecule has 0 aromatic carbocycles. The van der Waals surface area contributed by atoms with Crippen molar-refractivity contribution in [3.05, 3.63) is 0 Å². The molecule has 1 saturated carbocycles. The number of nitrogens with one attached hydrogen (secondary N) is 1. The van der Waals surface area contributed by atoms with Crippen molar-refractivity contribution in [2.75, 3.05) is 13.2 Å². The zero-order valence-corrected chi connectivity index (χ0v) is 8.83. The molecule has 2 rings (SSSR count). The van der Waals surface area contributed by atoms with E-state index < -0.39 is 10.2 Å². The van der Waals surface area contributed by atoms with Gasteiger partial charge in [-0.25, -0.2) is 0 Å². The van der Waals surface area contributed by atoms with Crippen molar-refractivity contribution in [3.63, 3.8) is 0 Å². The summed E-state index contributed by atoms with van der Waals surface area (Å²) in [5, 5.41) is 9.02. The van der Waals surface area contributed by atoms with Crippen LogP contribution in [0.2, 0.25) is 0 Å². The summed E-state index contributed by atoms with van der Waals surface area (Å²) in [4.78, 5) is 0. The van der Waals surface area contributed by atoms with Crippen molar-refractivity contribution >= 4 is 10.2 Å². The Hall–Kier alpha value is -0.170. The topological polar surface area (TPSA) is 69.6 Å². The minimum atomic E-state index is -3.33. The molecule has 0 aromatic heterocycles. The van der Waals surface area contributed by atoms with Gasteiger partial charge in [0, 0.05) is 18.6 Å². The van der Waals surface area contributed by atoms with Gasteiger partial charge in [0.05, 0.1) is 6.61 Å². The van der Waals surface area contributed by atoms with Crippen LogP contribution >= 0.6 is 0 Å². The van der Waals surface area contributed by atoms with E-state index in [9.17, 15) is 8.42 Å². The molecule has 1 saturated heterocycles. The van der Waals surface area contributed by atoms with E-state index in [0.717, 1.165) is 25.7 Å². The van der Waals surface area contributed by atoms with Crippen molar-refractivity contribution in [2.24, 2.45) is 0 Å². The fourth-order valence-electron chi connectivity index (χ4n) is 1.79. The van der Waals surface area contributed by atoms with Gasteiger partial charge < -0.3 is 5.11 Å². The Morgan fingerprint density at radius 1 is 1.36 bits per heavy atom. The molecular formula is C8H16N2O3S. The Bertz CT molecular complexity index is 300. The van der Waals surface area contributed by atoms with Crippen LogP contribution in [0.15, 0.2) is 0 Å². The minimum absolute atomic E-state index is 0.0778. The number of rotatable bonds is 4. The van der Waals surface area contributed by atoms with E-state index in [2.05, 4.69) is 4.72 Å². The second-order valence-electron chi connectivity index (χ2n) is 3.99. The first kappa shape index (κ1) is 10.4. The molecule has 0 radical (unpaired) electrons. The Morgan fingerprint density at radius 2 is 2.07 bits per heavy atom. The smallest absolute Gasteiger partial charge is 0.280 e. The lowest BCUT2D eigenvalue weighted by molar-refractivity contribution is 0.212. The molecule has 14 heavy (non-hydrogen) atoms. The van der Waals surface area contributed by atoms with Gasteiger partial charge in [-0.1, -0.05) is 0 Å². The van der Waals surface area contributed by atoms with Gasteiger partial charge in [0.15, 0.2) is 0 Å². The largest absolute Gasteiger partial charge is 0.395 e. The van der Waals surface area contributed by atoms with Gasteiger partial charge in [0.25, 0.3) is 10.2 Å². The standard InChI is InChI=1S/C8H16N2O3S/c11-6-8-2-1-5-10(8)14(12,13)9-7-3-4-7/h7-9,11H,1-6H2. The van der Waals surface area contributed by atoms with Crippen molar-refractivity contribution in [3.8, 4) is 0 Å². The summed E-state index contributed by atoms with van der Waals surface area (Å²) < 4.78 is 27.5. The molecule has 0 amide bonds. The molecule has 1 unspecified atom stereocenters. The maximum atomic E-state index is 11.8. The first-order valence-electron chi connectivity index (χ1n) is 5.03. The molecule has 2 aliphatic rings. The van der Waals surface area contributed by atoms with E-state index in [0.29, 0.717) is 6.54 Å². The Morgan fingerprint density at radius 3 is 2.64 bits per heavy atom. The predicted octanol–water partition coefficient (Wildman–Crippen LogP) is -0.560. The molecule has 1 aliphatic heterocycles. The average Bonchev–Trinajstić information content (AvgIpc) is 2.80. The van der Waals surface area contributed by atoms with Gasteiger partial charge in [0.1, 0.15) is 0 Å². The van der Waals surface area contributed by atoms with Gasteiger partial charge in [-0.05, 0) is 25.7 Å². The third-order valence-electron chi connectivity index (χ3n) is 2.74. The highest BCUT2D eigenvalue weighted by Gasteiger charge is 2.37. The van der Waals surface area contributed by atoms with Gasteiger partial charge in [-0.15, -0.1) is 0 Å². The summed E-state index contributed by atoms with van der Waals surface area (Å²) in [5.74, 6) is 0. The molecule has 2 N–H and O–H groups in total. The fraction of sp³-hybridized carbons (Fsp3) is 1.00. The van der Waals surface area contributed by atoms with Gasteiger partial charge in [-0.2, -0.15) is 17.4 Å². The summed E-state index contributed by atoms with van der Waals surface area (Å²) in [6.07, 6.45) is 3.49. The summed E-state index contributed by atoms with van der Waals surface area (Å²) in [5.41, 5.74) is 0. The summed E-state index contributed by atoms with van der Waals surface area (Å²) in [6, 6.07) is -0.0776. The third-order valence-corrected chi connectivity index (χ3v) is 4.46. The van der Waals surface area contributed by atoms with Gasteiger partial charge in [0.2, 0.25) is 0 Å². The zero-order chi connectivity index (χ0) is 10.2. The van der Waals surface area contributed by atoms with E-state index in [-0.39, 0.29) is 18.7 Å². The molecule has 1 atom stereocenters. The summed E-state index contributed by atoms with van der Waals surface area (Å²) >= 11 is 0. The predicted molar refractivity (Wildman–Crippen MR) is 51.9 cm³/mol. The maximum absolute atomic E-state index is 11.8. The summed E-state index contributed by atoms with van der Waals surface area (Å²) in [6.45, 7) is 0.457. The molecule has 1 aliphatic carbocycles. The number of aliphatic hydroxyl groups excluding tert-OH is 1. The second-order valence-corrected chi connectivity index (χ2v) is 5.64. The number of nitrogens with zero attached hydrogens (tertiary/aromatic N) is 1. The molecule has 5 nitrogen and oxygen atoms in total. The first-order chi connectivity index (χ1) is 6.63. The van der Waals surface area contributed by atoms with Gasteiger partial charge >= 0.3 is 0 Å². The second kappa shape index (κ2) is 3.77. The maximum Gasteiger partial charge on any atom is 0.280 e. The fourth-order valence-corrected chi connectivity index (χ4v) is 3.51. The molecule has 0 aromatic rings. The molecule has 0 spiro atoms. The number of hydrogen-bond donors (Lipinski definition) is 2. The minimum Gasteiger partial charge on any atom is -0.395 e. The molecule has 0 bridgehead atoms. The van der Waals surface area contributed by atoms with Crippen LogP contribution in [0.1, 0.15) is 25.7 Å². The Balaban J connectivity index is 2.03. The highest BCUT2D eigenvalue weighted by Crippen LogP contribution is 2.24. The average molecular weight is 220 g/mol. The monoisotopic (exact) mass is 220 g/mol. The van der Waals surface area contributed by atoms with Crippen LogP contribution in [0.25, 0.3) is 0 Å². The first-order valence-corrected chi connectivity index (χ1v) is 6.47. The zero-order valence-electron chi connectivity index (χ0n) is 8.02. The van der Waals surface area contributed by atoms with Crippen molar-refractivity contribution in [2.45, 2.75) is 37.8 Å². The number of hydrogen-bond acceptors (Lipinski definition) is 3. The van der Waals surface area contributed by atoms with Crippen molar-refractivity contribution in [1.82, 2.24) is 9.03 Å². The van der Waals surface area contributed by atoms with E-state index in [1.54, 1.807) is 0 Å². The SMILES string of the molecule is O=S(=O)(NC1CC1)N1CCCC1CO. The van der Waals surface area contributed by atoms with Crippen LogP contribution in [0, 0.1) is 0 Å².